The van der Waals surface area contributed by atoms with Gasteiger partial charge in [0.25, 0.3) is 0 Å². The van der Waals surface area contributed by atoms with Crippen molar-refractivity contribution in [3.63, 3.8) is 0 Å². The maximum absolute atomic E-state index is 11.3. The van der Waals surface area contributed by atoms with Crippen LogP contribution in [0.5, 0.6) is 11.5 Å². The Hall–Kier alpha value is -3.64. The second kappa shape index (κ2) is 8.62. The van der Waals surface area contributed by atoms with Gasteiger partial charge in [-0.1, -0.05) is 12.1 Å². The summed E-state index contributed by atoms with van der Waals surface area (Å²) in [4.78, 5) is 16.0. The standard InChI is InChI=1S/C25H19NO4S/c27-24-13-9-17-6-12-20(16-22(17)30-24)29-15-3-14-28-19-10-7-18(8-11-19)25-26-21-4-1-2-5-23(21)31-25/h1-2,4-13,16H,3,14-15H2. The maximum Gasteiger partial charge on any atom is 0.336 e. The lowest BCUT2D eigenvalue weighted by atomic mass is 10.2. The number of para-hydroxylation sites is 1. The summed E-state index contributed by atoms with van der Waals surface area (Å²) in [7, 11) is 0. The third kappa shape index (κ3) is 4.44. The van der Waals surface area contributed by atoms with Gasteiger partial charge in [0, 0.05) is 29.5 Å². The normalized spacial score (nSPS) is 11.1. The fourth-order valence-corrected chi connectivity index (χ4v) is 4.23. The smallest absolute Gasteiger partial charge is 0.336 e. The molecule has 5 rings (SSSR count). The number of nitrogens with zero attached hydrogens (tertiary/aromatic N) is 1. The van der Waals surface area contributed by atoms with Crippen LogP contribution in [-0.2, 0) is 0 Å². The minimum atomic E-state index is -0.368. The molecule has 5 aromatic rings. The van der Waals surface area contributed by atoms with Crippen molar-refractivity contribution in [3.8, 4) is 22.1 Å². The van der Waals surface area contributed by atoms with Crippen molar-refractivity contribution in [1.29, 1.82) is 0 Å². The van der Waals surface area contributed by atoms with Gasteiger partial charge in [-0.15, -0.1) is 11.3 Å². The number of benzene rings is 3. The number of rotatable bonds is 7. The Morgan fingerprint density at radius 1 is 0.839 bits per heavy atom. The Morgan fingerprint density at radius 2 is 1.58 bits per heavy atom. The van der Waals surface area contributed by atoms with Crippen LogP contribution in [0.15, 0.2) is 88.1 Å². The van der Waals surface area contributed by atoms with Crippen molar-refractivity contribution in [2.45, 2.75) is 6.42 Å². The molecule has 2 heterocycles. The van der Waals surface area contributed by atoms with E-state index >= 15 is 0 Å². The van der Waals surface area contributed by atoms with Crippen molar-refractivity contribution in [2.24, 2.45) is 0 Å². The maximum atomic E-state index is 11.3. The molecular weight excluding hydrogens is 410 g/mol. The molecule has 0 spiro atoms. The van der Waals surface area contributed by atoms with E-state index in [2.05, 4.69) is 11.1 Å². The molecule has 0 unspecified atom stereocenters. The summed E-state index contributed by atoms with van der Waals surface area (Å²) in [6, 6.07) is 24.8. The zero-order valence-electron chi connectivity index (χ0n) is 16.6. The lowest BCUT2D eigenvalue weighted by Crippen LogP contribution is -2.05. The van der Waals surface area contributed by atoms with Gasteiger partial charge in [0.15, 0.2) is 0 Å². The van der Waals surface area contributed by atoms with E-state index in [4.69, 9.17) is 13.9 Å². The van der Waals surface area contributed by atoms with Gasteiger partial charge >= 0.3 is 5.63 Å². The largest absolute Gasteiger partial charge is 0.493 e. The highest BCUT2D eigenvalue weighted by Crippen LogP contribution is 2.30. The van der Waals surface area contributed by atoms with Crippen molar-refractivity contribution in [3.05, 3.63) is 89.3 Å². The Morgan fingerprint density at radius 3 is 2.42 bits per heavy atom. The Labute approximate surface area is 182 Å². The van der Waals surface area contributed by atoms with Gasteiger partial charge in [0.05, 0.1) is 23.4 Å². The van der Waals surface area contributed by atoms with Crippen LogP contribution < -0.4 is 15.1 Å². The second-order valence-electron chi connectivity index (χ2n) is 7.02. The van der Waals surface area contributed by atoms with Crippen LogP contribution in [0, 0.1) is 0 Å². The molecule has 154 valence electrons. The molecule has 6 heteroatoms. The molecule has 5 nitrogen and oxygen atoms in total. The van der Waals surface area contributed by atoms with Crippen molar-refractivity contribution in [1.82, 2.24) is 4.98 Å². The molecule has 3 aromatic carbocycles. The van der Waals surface area contributed by atoms with Gasteiger partial charge in [-0.25, -0.2) is 9.78 Å². The molecule has 0 aliphatic heterocycles. The summed E-state index contributed by atoms with van der Waals surface area (Å²) in [5, 5.41) is 1.87. The summed E-state index contributed by atoms with van der Waals surface area (Å²) in [5.41, 5.74) is 2.26. The van der Waals surface area contributed by atoms with Crippen LogP contribution in [0.25, 0.3) is 31.8 Å². The van der Waals surface area contributed by atoms with Gasteiger partial charge in [-0.3, -0.25) is 0 Å². The quantitative estimate of drug-likeness (QED) is 0.237. The van der Waals surface area contributed by atoms with Crippen LogP contribution in [0.4, 0.5) is 0 Å². The first kappa shape index (κ1) is 19.3. The number of aromatic nitrogens is 1. The van der Waals surface area contributed by atoms with Crippen LogP contribution in [0.3, 0.4) is 0 Å². The Bertz CT molecular complexity index is 1360. The van der Waals surface area contributed by atoms with Crippen LogP contribution in [0.2, 0.25) is 0 Å². The molecule has 0 saturated heterocycles. The molecular formula is C25H19NO4S. The SMILES string of the molecule is O=c1ccc2ccc(OCCCOc3ccc(-c4nc5ccccc5s4)cc3)cc2o1. The molecule has 0 bridgehead atoms. The molecule has 0 amide bonds. The zero-order valence-corrected chi connectivity index (χ0v) is 17.4. The molecule has 0 N–H and O–H groups in total. The van der Waals surface area contributed by atoms with Crippen LogP contribution in [-0.4, -0.2) is 18.2 Å². The third-order valence-corrected chi connectivity index (χ3v) is 5.90. The number of hydrogen-bond acceptors (Lipinski definition) is 6. The fraction of sp³-hybridized carbons (Fsp3) is 0.120. The van der Waals surface area contributed by atoms with Crippen molar-refractivity contribution < 1.29 is 13.9 Å². The van der Waals surface area contributed by atoms with E-state index in [1.54, 1.807) is 23.5 Å². The average molecular weight is 429 g/mol. The predicted molar refractivity (Wildman–Crippen MR) is 123 cm³/mol. The van der Waals surface area contributed by atoms with E-state index in [0.29, 0.717) is 24.5 Å². The predicted octanol–water partition coefficient (Wildman–Crippen LogP) is 5.92. The summed E-state index contributed by atoms with van der Waals surface area (Å²) in [6.45, 7) is 1.05. The minimum Gasteiger partial charge on any atom is -0.493 e. The summed E-state index contributed by atoms with van der Waals surface area (Å²) >= 11 is 1.69. The van der Waals surface area contributed by atoms with Crippen molar-refractivity contribution >= 4 is 32.5 Å². The summed E-state index contributed by atoms with van der Waals surface area (Å²) in [5.74, 6) is 1.49. The van der Waals surface area contributed by atoms with Crippen LogP contribution >= 0.6 is 11.3 Å². The van der Waals surface area contributed by atoms with Gasteiger partial charge in [-0.05, 0) is 54.6 Å². The van der Waals surface area contributed by atoms with E-state index in [9.17, 15) is 4.79 Å². The summed E-state index contributed by atoms with van der Waals surface area (Å²) < 4.78 is 17.9. The van der Waals surface area contributed by atoms with Gasteiger partial charge < -0.3 is 13.9 Å². The Kier molecular flexibility index (Phi) is 5.37. The van der Waals surface area contributed by atoms with E-state index in [1.165, 1.54) is 10.8 Å². The number of fused-ring (bicyclic) bond motifs is 2. The molecule has 0 atom stereocenters. The first-order valence-electron chi connectivity index (χ1n) is 10.0. The molecule has 0 aliphatic rings. The molecule has 0 aliphatic carbocycles. The highest BCUT2D eigenvalue weighted by molar-refractivity contribution is 7.21. The lowest BCUT2D eigenvalue weighted by Gasteiger charge is -2.09. The summed E-state index contributed by atoms with van der Waals surface area (Å²) in [6.07, 6.45) is 0.733. The topological polar surface area (TPSA) is 61.6 Å². The van der Waals surface area contributed by atoms with Gasteiger partial charge in [0.2, 0.25) is 0 Å². The molecule has 0 saturated carbocycles. The number of hydrogen-bond donors (Lipinski definition) is 0. The molecule has 0 fully saturated rings. The molecule has 2 aromatic heterocycles. The van der Waals surface area contributed by atoms with E-state index in [1.807, 2.05) is 54.6 Å². The fourth-order valence-electron chi connectivity index (χ4n) is 3.26. The highest BCUT2D eigenvalue weighted by atomic mass is 32.1. The number of ether oxygens (including phenoxy) is 2. The van der Waals surface area contributed by atoms with Crippen LogP contribution in [0.1, 0.15) is 6.42 Å². The van der Waals surface area contributed by atoms with E-state index in [-0.39, 0.29) is 5.63 Å². The second-order valence-corrected chi connectivity index (χ2v) is 8.05. The monoisotopic (exact) mass is 429 g/mol. The highest BCUT2D eigenvalue weighted by Gasteiger charge is 2.06. The zero-order chi connectivity index (χ0) is 21.0. The van der Waals surface area contributed by atoms with E-state index in [0.717, 1.165) is 33.6 Å². The average Bonchev–Trinajstić information content (AvgIpc) is 3.23. The van der Waals surface area contributed by atoms with Crippen molar-refractivity contribution in [2.75, 3.05) is 13.2 Å². The first-order chi connectivity index (χ1) is 15.2. The first-order valence-corrected chi connectivity index (χ1v) is 10.8. The lowest BCUT2D eigenvalue weighted by molar-refractivity contribution is 0.247. The van der Waals surface area contributed by atoms with Gasteiger partial charge in [-0.2, -0.15) is 0 Å². The third-order valence-electron chi connectivity index (χ3n) is 4.82. The number of thiazole rings is 1. The minimum absolute atomic E-state index is 0.368. The Balaban J connectivity index is 1.13. The van der Waals surface area contributed by atoms with Gasteiger partial charge in [0.1, 0.15) is 22.1 Å². The van der Waals surface area contributed by atoms with E-state index < -0.39 is 0 Å². The molecule has 31 heavy (non-hydrogen) atoms. The molecule has 0 radical (unpaired) electrons.